The third kappa shape index (κ3) is 3.68. The molecule has 182 valence electrons. The van der Waals surface area contributed by atoms with Crippen LogP contribution in [0.25, 0.3) is 5.69 Å². The molecule has 0 N–H and O–H groups in total. The smallest absolute Gasteiger partial charge is 0.279 e. The molecular weight excluding hydrogens is 467 g/mol. The normalized spacial score (nSPS) is 18.0. The van der Waals surface area contributed by atoms with E-state index in [0.29, 0.717) is 37.4 Å². The summed E-state index contributed by atoms with van der Waals surface area (Å²) in [6, 6.07) is 11.6. The molecule has 3 aliphatic rings. The Hall–Kier alpha value is -3.04. The van der Waals surface area contributed by atoms with Crippen molar-refractivity contribution < 1.29 is 17.6 Å². The Labute approximate surface area is 204 Å². The van der Waals surface area contributed by atoms with Crippen molar-refractivity contribution in [2.75, 3.05) is 24.5 Å². The van der Waals surface area contributed by atoms with Crippen LogP contribution in [-0.2, 0) is 29.3 Å². The summed E-state index contributed by atoms with van der Waals surface area (Å²) in [6.07, 6.45) is 5.60. The second-order valence-corrected chi connectivity index (χ2v) is 11.4. The van der Waals surface area contributed by atoms with Gasteiger partial charge in [-0.05, 0) is 80.8 Å². The highest BCUT2D eigenvalue weighted by Gasteiger charge is 2.34. The molecule has 0 unspecified atom stereocenters. The van der Waals surface area contributed by atoms with E-state index in [-0.39, 0.29) is 16.6 Å². The summed E-state index contributed by atoms with van der Waals surface area (Å²) in [7, 11) is -3.52. The lowest BCUT2D eigenvalue weighted by Gasteiger charge is -2.30. The first-order chi connectivity index (χ1) is 16.9. The zero-order valence-corrected chi connectivity index (χ0v) is 20.2. The predicted octanol–water partition coefficient (Wildman–Crippen LogP) is 3.88. The second kappa shape index (κ2) is 8.57. The van der Waals surface area contributed by atoms with Crippen LogP contribution >= 0.6 is 0 Å². The molecule has 9 heteroatoms. The Kier molecular flexibility index (Phi) is 5.49. The van der Waals surface area contributed by atoms with E-state index in [0.717, 1.165) is 61.0 Å². The number of para-hydroxylation sites is 1. The van der Waals surface area contributed by atoms with Gasteiger partial charge in [-0.2, -0.15) is 9.40 Å². The standard InChI is InChI=1S/C26H27FN4O3S/c27-21-9-1-2-10-24(21)31-23-11-5-8-20(23)25(28-31)26(32)30-16-6-7-18-17-19(12-13-22(18)30)35(33,34)29-14-3-4-15-29/h1-2,9-10,12-13,17H,3-8,11,14-16H2. The molecule has 7 nitrogen and oxygen atoms in total. The van der Waals surface area contributed by atoms with E-state index in [9.17, 15) is 17.6 Å². The summed E-state index contributed by atoms with van der Waals surface area (Å²) >= 11 is 0. The van der Waals surface area contributed by atoms with E-state index in [1.54, 1.807) is 50.3 Å². The fourth-order valence-corrected chi connectivity index (χ4v) is 7.15. The number of carbonyl (C=O) groups is 1. The topological polar surface area (TPSA) is 75.5 Å². The predicted molar refractivity (Wildman–Crippen MR) is 130 cm³/mol. The number of hydrogen-bond acceptors (Lipinski definition) is 4. The molecule has 2 aliphatic heterocycles. The van der Waals surface area contributed by atoms with E-state index in [1.807, 2.05) is 0 Å². The summed E-state index contributed by atoms with van der Waals surface area (Å²) in [5.74, 6) is -0.590. The van der Waals surface area contributed by atoms with Gasteiger partial charge in [0.1, 0.15) is 11.5 Å². The Morgan fingerprint density at radius 2 is 1.69 bits per heavy atom. The molecule has 0 saturated carbocycles. The van der Waals surface area contributed by atoms with Crippen molar-refractivity contribution in [1.29, 1.82) is 0 Å². The highest BCUT2D eigenvalue weighted by molar-refractivity contribution is 7.89. The fourth-order valence-electron chi connectivity index (χ4n) is 5.58. The van der Waals surface area contributed by atoms with Crippen LogP contribution in [0.1, 0.15) is 53.0 Å². The minimum Gasteiger partial charge on any atom is -0.307 e. The van der Waals surface area contributed by atoms with Gasteiger partial charge in [-0.1, -0.05) is 12.1 Å². The van der Waals surface area contributed by atoms with Crippen molar-refractivity contribution in [2.24, 2.45) is 0 Å². The van der Waals surface area contributed by atoms with E-state index < -0.39 is 10.0 Å². The Bertz CT molecular complexity index is 1430. The summed E-state index contributed by atoms with van der Waals surface area (Å²) < 4.78 is 43.8. The van der Waals surface area contributed by atoms with Gasteiger partial charge in [0, 0.05) is 36.6 Å². The van der Waals surface area contributed by atoms with Gasteiger partial charge in [0.25, 0.3) is 5.91 Å². The average molecular weight is 495 g/mol. The molecule has 2 aromatic carbocycles. The third-order valence-corrected chi connectivity index (χ3v) is 9.23. The number of amides is 1. The number of benzene rings is 2. The van der Waals surface area contributed by atoms with Gasteiger partial charge in [0.15, 0.2) is 5.69 Å². The number of halogens is 1. The molecule has 1 aromatic heterocycles. The summed E-state index contributed by atoms with van der Waals surface area (Å²) in [5, 5.41) is 4.60. The molecule has 6 rings (SSSR count). The molecular formula is C26H27FN4O3S. The average Bonchev–Trinajstić information content (AvgIpc) is 3.62. The molecule has 3 aromatic rings. The number of fused-ring (bicyclic) bond motifs is 2. The second-order valence-electron chi connectivity index (χ2n) is 9.45. The molecule has 0 radical (unpaired) electrons. The van der Waals surface area contributed by atoms with E-state index in [2.05, 4.69) is 5.10 Å². The van der Waals surface area contributed by atoms with Gasteiger partial charge >= 0.3 is 0 Å². The van der Waals surface area contributed by atoms with Crippen LogP contribution in [0.5, 0.6) is 0 Å². The van der Waals surface area contributed by atoms with Crippen LogP contribution in [0.4, 0.5) is 10.1 Å². The molecule has 1 saturated heterocycles. The minimum atomic E-state index is -3.52. The molecule has 0 atom stereocenters. The van der Waals surface area contributed by atoms with Gasteiger partial charge in [-0.25, -0.2) is 17.5 Å². The number of aromatic nitrogens is 2. The van der Waals surface area contributed by atoms with Crippen molar-refractivity contribution in [1.82, 2.24) is 14.1 Å². The number of anilines is 1. The van der Waals surface area contributed by atoms with Gasteiger partial charge in [-0.3, -0.25) is 4.79 Å². The summed E-state index contributed by atoms with van der Waals surface area (Å²) in [5.41, 5.74) is 4.08. The zero-order chi connectivity index (χ0) is 24.2. The van der Waals surface area contributed by atoms with E-state index in [1.165, 1.54) is 6.07 Å². The third-order valence-electron chi connectivity index (χ3n) is 7.33. The van der Waals surface area contributed by atoms with Crippen LogP contribution < -0.4 is 4.90 Å². The molecule has 1 aliphatic carbocycles. The number of nitrogens with zero attached hydrogens (tertiary/aromatic N) is 4. The van der Waals surface area contributed by atoms with Crippen LogP contribution in [0.15, 0.2) is 47.4 Å². The summed E-state index contributed by atoms with van der Waals surface area (Å²) in [4.78, 5) is 15.8. The first kappa shape index (κ1) is 22.4. The number of rotatable bonds is 4. The lowest BCUT2D eigenvalue weighted by molar-refractivity contribution is 0.0979. The van der Waals surface area contributed by atoms with Crippen LogP contribution in [0.2, 0.25) is 0 Å². The van der Waals surface area contributed by atoms with Crippen molar-refractivity contribution in [3.63, 3.8) is 0 Å². The maximum Gasteiger partial charge on any atom is 0.279 e. The number of carbonyl (C=O) groups excluding carboxylic acids is 1. The highest BCUT2D eigenvalue weighted by Crippen LogP contribution is 2.34. The Morgan fingerprint density at radius 3 is 2.49 bits per heavy atom. The minimum absolute atomic E-state index is 0.214. The van der Waals surface area contributed by atoms with Gasteiger partial charge in [0.05, 0.1) is 4.90 Å². The van der Waals surface area contributed by atoms with Crippen molar-refractivity contribution in [3.05, 3.63) is 70.8 Å². The van der Waals surface area contributed by atoms with Gasteiger partial charge in [-0.15, -0.1) is 0 Å². The fraction of sp³-hybridized carbons (Fsp3) is 0.385. The maximum absolute atomic E-state index is 14.5. The quantitative estimate of drug-likeness (QED) is 0.552. The lowest BCUT2D eigenvalue weighted by atomic mass is 10.0. The first-order valence-corrected chi connectivity index (χ1v) is 13.7. The summed E-state index contributed by atoms with van der Waals surface area (Å²) in [6.45, 7) is 1.64. The van der Waals surface area contributed by atoms with Gasteiger partial charge in [0.2, 0.25) is 10.0 Å². The SMILES string of the molecule is O=C(c1nn(-c2ccccc2F)c2c1CCC2)N1CCCc2cc(S(=O)(=O)N3CCCC3)ccc21. The number of aryl methyl sites for hydroxylation is 1. The van der Waals surface area contributed by atoms with Crippen LogP contribution in [-0.4, -0.2) is 48.0 Å². The Balaban J connectivity index is 1.36. The van der Waals surface area contributed by atoms with Crippen molar-refractivity contribution in [2.45, 2.75) is 49.8 Å². The number of hydrogen-bond donors (Lipinski definition) is 0. The highest BCUT2D eigenvalue weighted by atomic mass is 32.2. The van der Waals surface area contributed by atoms with Crippen LogP contribution in [0.3, 0.4) is 0 Å². The molecule has 0 spiro atoms. The number of sulfonamides is 1. The largest absolute Gasteiger partial charge is 0.307 e. The molecule has 0 bridgehead atoms. The van der Waals surface area contributed by atoms with E-state index in [4.69, 9.17) is 0 Å². The zero-order valence-electron chi connectivity index (χ0n) is 19.4. The molecule has 1 fully saturated rings. The van der Waals surface area contributed by atoms with E-state index >= 15 is 0 Å². The first-order valence-electron chi connectivity index (χ1n) is 12.3. The van der Waals surface area contributed by atoms with Gasteiger partial charge < -0.3 is 4.90 Å². The molecule has 1 amide bonds. The van der Waals surface area contributed by atoms with Crippen molar-refractivity contribution >= 4 is 21.6 Å². The Morgan fingerprint density at radius 1 is 0.886 bits per heavy atom. The molecule has 35 heavy (non-hydrogen) atoms. The lowest BCUT2D eigenvalue weighted by Crippen LogP contribution is -2.36. The van der Waals surface area contributed by atoms with Crippen LogP contribution in [0, 0.1) is 5.82 Å². The van der Waals surface area contributed by atoms with Crippen molar-refractivity contribution in [3.8, 4) is 5.69 Å². The monoisotopic (exact) mass is 494 g/mol. The maximum atomic E-state index is 14.5. The molecule has 3 heterocycles.